The number of aryl methyl sites for hydroxylation is 2. The Bertz CT molecular complexity index is 551. The van der Waals surface area contributed by atoms with E-state index in [9.17, 15) is 0 Å². The number of hydrogen-bond acceptors (Lipinski definition) is 3. The van der Waals surface area contributed by atoms with Gasteiger partial charge in [0.25, 0.3) is 0 Å². The smallest absolute Gasteiger partial charge is 0.132 e. The van der Waals surface area contributed by atoms with E-state index in [1.54, 1.807) is 4.68 Å². The molecule has 2 aromatic heterocycles. The van der Waals surface area contributed by atoms with Crippen molar-refractivity contribution in [2.45, 2.75) is 32.2 Å². The second-order valence-corrected chi connectivity index (χ2v) is 4.78. The van der Waals surface area contributed by atoms with Gasteiger partial charge in [0.2, 0.25) is 0 Å². The average molecular weight is 231 g/mol. The third kappa shape index (κ3) is 1.53. The highest BCUT2D eigenvalue weighted by Crippen LogP contribution is 2.33. The van der Waals surface area contributed by atoms with Crippen LogP contribution in [0.25, 0.3) is 11.3 Å². The zero-order chi connectivity index (χ0) is 12.0. The lowest BCUT2D eigenvalue weighted by atomic mass is 10.1. The number of nitrogen functional groups attached to an aromatic ring is 1. The third-order valence-corrected chi connectivity index (χ3v) is 3.46. The quantitative estimate of drug-likeness (QED) is 0.813. The highest BCUT2D eigenvalue weighted by Gasteiger charge is 2.23. The minimum Gasteiger partial charge on any atom is -0.383 e. The van der Waals surface area contributed by atoms with Crippen molar-refractivity contribution < 1.29 is 0 Å². The van der Waals surface area contributed by atoms with Crippen LogP contribution in [-0.4, -0.2) is 19.3 Å². The lowest BCUT2D eigenvalue weighted by Crippen LogP contribution is -2.16. The number of nitrogens with two attached hydrogens (primary N) is 1. The van der Waals surface area contributed by atoms with Gasteiger partial charge in [0.15, 0.2) is 0 Å². The molecule has 0 bridgehead atoms. The van der Waals surface area contributed by atoms with Gasteiger partial charge in [-0.05, 0) is 19.8 Å². The van der Waals surface area contributed by atoms with Crippen molar-refractivity contribution in [1.29, 1.82) is 0 Å². The summed E-state index contributed by atoms with van der Waals surface area (Å²) in [6.45, 7) is 2.20. The zero-order valence-corrected chi connectivity index (χ0v) is 10.2. The molecule has 0 saturated heterocycles. The van der Waals surface area contributed by atoms with Crippen LogP contribution in [0.5, 0.6) is 0 Å². The standard InChI is InChI=1S/C12H17N5/c1-8-4-3-5-10-15-11(12(13)17(8)10)9-6-14-16(2)7-9/h6-8H,3-5,13H2,1-2H3. The number of rotatable bonds is 1. The van der Waals surface area contributed by atoms with Gasteiger partial charge in [-0.1, -0.05) is 0 Å². The number of hydrogen-bond donors (Lipinski definition) is 1. The summed E-state index contributed by atoms with van der Waals surface area (Å²) in [5.74, 6) is 1.89. The lowest BCUT2D eigenvalue weighted by molar-refractivity contribution is 0.430. The van der Waals surface area contributed by atoms with Gasteiger partial charge >= 0.3 is 0 Å². The van der Waals surface area contributed by atoms with Crippen LogP contribution < -0.4 is 5.73 Å². The number of aromatic nitrogens is 4. The van der Waals surface area contributed by atoms with Gasteiger partial charge in [-0.25, -0.2) is 4.98 Å². The molecule has 2 N–H and O–H groups in total. The Balaban J connectivity index is 2.13. The molecule has 0 aromatic carbocycles. The Kier molecular flexibility index (Phi) is 2.21. The first-order valence-corrected chi connectivity index (χ1v) is 6.02. The molecule has 0 fully saturated rings. The first-order valence-electron chi connectivity index (χ1n) is 6.02. The van der Waals surface area contributed by atoms with E-state index in [1.165, 1.54) is 12.8 Å². The van der Waals surface area contributed by atoms with Gasteiger partial charge in [0.05, 0.1) is 6.20 Å². The Morgan fingerprint density at radius 1 is 1.47 bits per heavy atom. The number of anilines is 1. The molecule has 0 aliphatic carbocycles. The lowest BCUT2D eigenvalue weighted by Gasteiger charge is -2.22. The molecule has 0 spiro atoms. The summed E-state index contributed by atoms with van der Waals surface area (Å²) >= 11 is 0. The van der Waals surface area contributed by atoms with Gasteiger partial charge in [0, 0.05) is 31.3 Å². The zero-order valence-electron chi connectivity index (χ0n) is 10.2. The molecule has 0 radical (unpaired) electrons. The predicted octanol–water partition coefficient (Wildman–Crippen LogP) is 1.76. The van der Waals surface area contributed by atoms with E-state index in [0.717, 1.165) is 29.3 Å². The molecule has 3 rings (SSSR count). The largest absolute Gasteiger partial charge is 0.383 e. The Morgan fingerprint density at radius 3 is 2.94 bits per heavy atom. The maximum absolute atomic E-state index is 6.22. The van der Waals surface area contributed by atoms with Crippen LogP contribution in [-0.2, 0) is 13.5 Å². The SMILES string of the molecule is CC1CCCc2nc(-c3cnn(C)c3)c(N)n21. The van der Waals surface area contributed by atoms with E-state index in [2.05, 4.69) is 21.6 Å². The molecule has 0 amide bonds. The summed E-state index contributed by atoms with van der Waals surface area (Å²) in [7, 11) is 1.90. The summed E-state index contributed by atoms with van der Waals surface area (Å²) in [4.78, 5) is 4.67. The van der Waals surface area contributed by atoms with E-state index in [0.29, 0.717) is 6.04 Å². The van der Waals surface area contributed by atoms with Gasteiger partial charge in [-0.2, -0.15) is 5.10 Å². The fourth-order valence-corrected chi connectivity index (χ4v) is 2.60. The highest BCUT2D eigenvalue weighted by atomic mass is 15.2. The Morgan fingerprint density at radius 2 is 2.29 bits per heavy atom. The summed E-state index contributed by atoms with van der Waals surface area (Å²) in [5, 5.41) is 4.17. The van der Waals surface area contributed by atoms with E-state index < -0.39 is 0 Å². The van der Waals surface area contributed by atoms with Crippen molar-refractivity contribution in [3.8, 4) is 11.3 Å². The van der Waals surface area contributed by atoms with Crippen molar-refractivity contribution >= 4 is 5.82 Å². The molecular weight excluding hydrogens is 214 g/mol. The minimum atomic E-state index is 0.455. The number of imidazole rings is 1. The Labute approximate surface area is 100 Å². The molecule has 1 aliphatic heterocycles. The monoisotopic (exact) mass is 231 g/mol. The van der Waals surface area contributed by atoms with Crippen LogP contribution >= 0.6 is 0 Å². The average Bonchev–Trinajstić information content (AvgIpc) is 2.84. The van der Waals surface area contributed by atoms with E-state index in [1.807, 2.05) is 19.4 Å². The molecular formula is C12H17N5. The molecule has 2 aromatic rings. The van der Waals surface area contributed by atoms with Crippen molar-refractivity contribution in [2.24, 2.45) is 7.05 Å². The fraction of sp³-hybridized carbons (Fsp3) is 0.500. The second kappa shape index (κ2) is 3.61. The Hall–Kier alpha value is -1.78. The summed E-state index contributed by atoms with van der Waals surface area (Å²) in [6.07, 6.45) is 7.17. The summed E-state index contributed by atoms with van der Waals surface area (Å²) in [6, 6.07) is 0.455. The summed E-state index contributed by atoms with van der Waals surface area (Å²) < 4.78 is 3.95. The summed E-state index contributed by atoms with van der Waals surface area (Å²) in [5.41, 5.74) is 8.10. The normalized spacial score (nSPS) is 19.3. The fourth-order valence-electron chi connectivity index (χ4n) is 2.60. The maximum atomic E-state index is 6.22. The first-order chi connectivity index (χ1) is 8.16. The molecule has 90 valence electrons. The van der Waals surface area contributed by atoms with Crippen LogP contribution in [0.1, 0.15) is 31.6 Å². The van der Waals surface area contributed by atoms with E-state index >= 15 is 0 Å². The third-order valence-electron chi connectivity index (χ3n) is 3.46. The van der Waals surface area contributed by atoms with Gasteiger partial charge in [-0.3, -0.25) is 4.68 Å². The first kappa shape index (κ1) is 10.4. The molecule has 1 aliphatic rings. The van der Waals surface area contributed by atoms with Crippen molar-refractivity contribution in [3.05, 3.63) is 18.2 Å². The van der Waals surface area contributed by atoms with Crippen LogP contribution in [0.2, 0.25) is 0 Å². The van der Waals surface area contributed by atoms with Crippen LogP contribution in [0.3, 0.4) is 0 Å². The highest BCUT2D eigenvalue weighted by molar-refractivity contribution is 5.70. The molecule has 5 nitrogen and oxygen atoms in total. The number of nitrogens with zero attached hydrogens (tertiary/aromatic N) is 4. The van der Waals surface area contributed by atoms with Crippen LogP contribution in [0.4, 0.5) is 5.82 Å². The van der Waals surface area contributed by atoms with Crippen LogP contribution in [0, 0.1) is 0 Å². The van der Waals surface area contributed by atoms with Crippen molar-refractivity contribution in [2.75, 3.05) is 5.73 Å². The molecule has 3 heterocycles. The van der Waals surface area contributed by atoms with Crippen molar-refractivity contribution in [3.63, 3.8) is 0 Å². The van der Waals surface area contributed by atoms with E-state index in [-0.39, 0.29) is 0 Å². The number of fused-ring (bicyclic) bond motifs is 1. The molecule has 0 saturated carbocycles. The topological polar surface area (TPSA) is 61.7 Å². The van der Waals surface area contributed by atoms with Gasteiger partial charge < -0.3 is 10.3 Å². The molecule has 1 unspecified atom stereocenters. The molecule has 17 heavy (non-hydrogen) atoms. The predicted molar refractivity (Wildman–Crippen MR) is 66.5 cm³/mol. The maximum Gasteiger partial charge on any atom is 0.132 e. The van der Waals surface area contributed by atoms with Gasteiger partial charge in [0.1, 0.15) is 17.3 Å². The molecule has 5 heteroatoms. The van der Waals surface area contributed by atoms with Crippen LogP contribution in [0.15, 0.2) is 12.4 Å². The van der Waals surface area contributed by atoms with Gasteiger partial charge in [-0.15, -0.1) is 0 Å². The molecule has 1 atom stereocenters. The van der Waals surface area contributed by atoms with E-state index in [4.69, 9.17) is 5.73 Å². The van der Waals surface area contributed by atoms with Crippen molar-refractivity contribution in [1.82, 2.24) is 19.3 Å². The minimum absolute atomic E-state index is 0.455. The second-order valence-electron chi connectivity index (χ2n) is 4.78.